The lowest BCUT2D eigenvalue weighted by Crippen LogP contribution is -2.47. The van der Waals surface area contributed by atoms with E-state index >= 15 is 0 Å². The van der Waals surface area contributed by atoms with E-state index in [4.69, 9.17) is 5.73 Å². The molecule has 3 rings (SSSR count). The summed E-state index contributed by atoms with van der Waals surface area (Å²) >= 11 is 0. The lowest BCUT2D eigenvalue weighted by Gasteiger charge is -2.33. The van der Waals surface area contributed by atoms with Crippen LogP contribution in [0.25, 0.3) is 0 Å². The van der Waals surface area contributed by atoms with E-state index in [0.29, 0.717) is 13.1 Å². The number of rotatable bonds is 3. The van der Waals surface area contributed by atoms with Crippen molar-refractivity contribution in [2.24, 2.45) is 5.73 Å². The highest BCUT2D eigenvalue weighted by molar-refractivity contribution is 5.90. The minimum absolute atomic E-state index is 0. The Bertz CT molecular complexity index is 624. The van der Waals surface area contributed by atoms with E-state index in [9.17, 15) is 18.4 Å². The van der Waals surface area contributed by atoms with Gasteiger partial charge in [-0.05, 0) is 18.9 Å². The largest absolute Gasteiger partial charge is 0.364 e. The first-order chi connectivity index (χ1) is 10.9. The second kappa shape index (κ2) is 7.02. The summed E-state index contributed by atoms with van der Waals surface area (Å²) in [6.45, 7) is 0.516. The number of hydrogen-bond acceptors (Lipinski definition) is 4. The van der Waals surface area contributed by atoms with Crippen LogP contribution in [0.15, 0.2) is 6.07 Å². The van der Waals surface area contributed by atoms with Gasteiger partial charge in [0.2, 0.25) is 5.91 Å². The van der Waals surface area contributed by atoms with Crippen LogP contribution in [0.3, 0.4) is 0 Å². The van der Waals surface area contributed by atoms with Crippen molar-refractivity contribution >= 4 is 24.2 Å². The van der Waals surface area contributed by atoms with Gasteiger partial charge in [-0.2, -0.15) is 5.10 Å². The van der Waals surface area contributed by atoms with Crippen molar-refractivity contribution in [3.05, 3.63) is 17.5 Å². The molecule has 2 aliphatic heterocycles. The molecule has 0 spiro atoms. The van der Waals surface area contributed by atoms with Crippen LogP contribution in [-0.4, -0.2) is 58.5 Å². The van der Waals surface area contributed by atoms with Gasteiger partial charge < -0.3 is 10.6 Å². The number of carbonyl (C=O) groups excluding carboxylic acids is 2. The van der Waals surface area contributed by atoms with Crippen molar-refractivity contribution < 1.29 is 18.4 Å². The molecule has 134 valence electrons. The Balaban J connectivity index is 0.00000208. The molecule has 2 fully saturated rings. The van der Waals surface area contributed by atoms with Crippen LogP contribution in [0.5, 0.6) is 0 Å². The quantitative estimate of drug-likeness (QED) is 0.732. The molecule has 2 saturated heterocycles. The average Bonchev–Trinajstić information content (AvgIpc) is 3.13. The maximum atomic E-state index is 13.3. The van der Waals surface area contributed by atoms with E-state index in [0.717, 1.165) is 18.5 Å². The number of nitrogens with zero attached hydrogens (tertiary/aromatic N) is 2. The van der Waals surface area contributed by atoms with Crippen molar-refractivity contribution in [2.45, 2.75) is 37.1 Å². The Morgan fingerprint density at radius 2 is 2.17 bits per heavy atom. The monoisotopic (exact) mass is 363 g/mol. The molecular formula is C14H20ClF2N5O2. The van der Waals surface area contributed by atoms with Gasteiger partial charge in [0.25, 0.3) is 11.8 Å². The highest BCUT2D eigenvalue weighted by atomic mass is 35.5. The molecule has 4 N–H and O–H groups in total. The molecule has 0 aliphatic carbocycles. The first-order valence-electron chi connectivity index (χ1n) is 7.61. The number of halogens is 3. The van der Waals surface area contributed by atoms with Crippen LogP contribution in [0.2, 0.25) is 0 Å². The Morgan fingerprint density at radius 1 is 1.42 bits per heavy atom. The van der Waals surface area contributed by atoms with E-state index in [-0.39, 0.29) is 29.9 Å². The molecule has 0 radical (unpaired) electrons. The van der Waals surface area contributed by atoms with Gasteiger partial charge in [-0.15, -0.1) is 12.4 Å². The molecule has 10 heteroatoms. The summed E-state index contributed by atoms with van der Waals surface area (Å²) in [4.78, 5) is 25.1. The van der Waals surface area contributed by atoms with Gasteiger partial charge in [0.15, 0.2) is 0 Å². The zero-order chi connectivity index (χ0) is 16.6. The molecule has 7 nitrogen and oxygen atoms in total. The number of nitrogens with one attached hydrogen (secondary N) is 2. The molecule has 2 atom stereocenters. The number of piperidine rings is 1. The highest BCUT2D eigenvalue weighted by Gasteiger charge is 2.44. The van der Waals surface area contributed by atoms with Crippen LogP contribution in [0, 0.1) is 0 Å². The number of aromatic amines is 1. The molecule has 1 aromatic heterocycles. The Labute approximate surface area is 143 Å². The number of aromatic nitrogens is 2. The van der Waals surface area contributed by atoms with Crippen LogP contribution >= 0.6 is 12.4 Å². The molecule has 3 heterocycles. The minimum Gasteiger partial charge on any atom is -0.364 e. The van der Waals surface area contributed by atoms with Crippen LogP contribution in [0.4, 0.5) is 8.78 Å². The molecule has 24 heavy (non-hydrogen) atoms. The predicted molar refractivity (Wildman–Crippen MR) is 84.3 cm³/mol. The molecule has 0 bridgehead atoms. The van der Waals surface area contributed by atoms with Crippen molar-refractivity contribution in [1.82, 2.24) is 20.4 Å². The predicted octanol–water partition coefficient (Wildman–Crippen LogP) is 0.634. The third-order valence-electron chi connectivity index (χ3n) is 4.43. The third-order valence-corrected chi connectivity index (χ3v) is 4.43. The lowest BCUT2D eigenvalue weighted by atomic mass is 9.94. The zero-order valence-electron chi connectivity index (χ0n) is 12.9. The summed E-state index contributed by atoms with van der Waals surface area (Å²) in [6, 6.07) is 0.759. The second-order valence-electron chi connectivity index (χ2n) is 6.19. The number of carbonyl (C=O) groups is 2. The van der Waals surface area contributed by atoms with Gasteiger partial charge in [-0.3, -0.25) is 20.0 Å². The van der Waals surface area contributed by atoms with E-state index in [2.05, 4.69) is 15.5 Å². The summed E-state index contributed by atoms with van der Waals surface area (Å²) in [5.41, 5.74) is 6.07. The van der Waals surface area contributed by atoms with Gasteiger partial charge in [0.1, 0.15) is 5.69 Å². The number of nitrogens with two attached hydrogens (primary N) is 1. The molecular weight excluding hydrogens is 344 g/mol. The van der Waals surface area contributed by atoms with Crippen LogP contribution in [0.1, 0.15) is 41.4 Å². The zero-order valence-corrected chi connectivity index (χ0v) is 13.7. The first-order valence-corrected chi connectivity index (χ1v) is 7.61. The number of likely N-dealkylation sites (tertiary alicyclic amines) is 1. The van der Waals surface area contributed by atoms with Gasteiger partial charge in [-0.1, -0.05) is 0 Å². The van der Waals surface area contributed by atoms with Crippen molar-refractivity contribution in [1.29, 1.82) is 0 Å². The van der Waals surface area contributed by atoms with E-state index in [1.54, 1.807) is 11.0 Å². The summed E-state index contributed by atoms with van der Waals surface area (Å²) in [6.07, 6.45) is 1.14. The molecule has 2 aliphatic rings. The number of amides is 2. The lowest BCUT2D eigenvalue weighted by molar-refractivity contribution is -0.135. The maximum Gasteiger partial charge on any atom is 0.269 e. The van der Waals surface area contributed by atoms with Gasteiger partial charge >= 0.3 is 0 Å². The standard InChI is InChI=1S/C14H19F2N5O2.ClH/c15-14(16)5-11(18-7-14)13(23)21-3-1-2-8(6-21)9-4-10(12(17)22)20-19-9;/h4,8,11,18H,1-3,5-7H2,(H2,17,22)(H,19,20);1H. The van der Waals surface area contributed by atoms with Gasteiger partial charge in [0.05, 0.1) is 12.6 Å². The fourth-order valence-corrected chi connectivity index (χ4v) is 3.21. The minimum atomic E-state index is -2.82. The van der Waals surface area contributed by atoms with Crippen molar-refractivity contribution in [2.75, 3.05) is 19.6 Å². The van der Waals surface area contributed by atoms with Crippen LogP contribution < -0.4 is 11.1 Å². The van der Waals surface area contributed by atoms with Crippen molar-refractivity contribution in [3.8, 4) is 0 Å². The van der Waals surface area contributed by atoms with E-state index in [1.807, 2.05) is 0 Å². The van der Waals surface area contributed by atoms with Crippen molar-refractivity contribution in [3.63, 3.8) is 0 Å². The second-order valence-corrected chi connectivity index (χ2v) is 6.19. The molecule has 2 unspecified atom stereocenters. The topological polar surface area (TPSA) is 104 Å². The summed E-state index contributed by atoms with van der Waals surface area (Å²) in [7, 11) is 0. The Morgan fingerprint density at radius 3 is 2.75 bits per heavy atom. The normalized spacial score (nSPS) is 26.0. The average molecular weight is 364 g/mol. The molecule has 0 saturated carbocycles. The fourth-order valence-electron chi connectivity index (χ4n) is 3.21. The highest BCUT2D eigenvalue weighted by Crippen LogP contribution is 2.29. The molecule has 2 amide bonds. The molecule has 1 aromatic rings. The number of hydrogen-bond donors (Lipinski definition) is 3. The van der Waals surface area contributed by atoms with Gasteiger partial charge in [-0.25, -0.2) is 8.78 Å². The fraction of sp³-hybridized carbons (Fsp3) is 0.643. The summed E-state index contributed by atoms with van der Waals surface area (Å²) in [5.74, 6) is -3.74. The van der Waals surface area contributed by atoms with E-state index in [1.165, 1.54) is 0 Å². The SMILES string of the molecule is Cl.NC(=O)c1cc(C2CCCN(C(=O)C3CC(F)(F)CN3)C2)[nH]n1. The Kier molecular flexibility index (Phi) is 5.44. The summed E-state index contributed by atoms with van der Waals surface area (Å²) < 4.78 is 26.5. The summed E-state index contributed by atoms with van der Waals surface area (Å²) in [5, 5.41) is 9.21. The maximum absolute atomic E-state index is 13.3. The smallest absolute Gasteiger partial charge is 0.269 e. The molecule has 0 aromatic carbocycles. The number of primary amides is 1. The van der Waals surface area contributed by atoms with E-state index < -0.39 is 30.8 Å². The number of H-pyrrole nitrogens is 1. The number of alkyl halides is 2. The Hall–Kier alpha value is -1.74. The van der Waals surface area contributed by atoms with Crippen LogP contribution in [-0.2, 0) is 4.79 Å². The first kappa shape index (κ1) is 18.6. The third kappa shape index (κ3) is 3.84. The van der Waals surface area contributed by atoms with Gasteiger partial charge in [0, 0.05) is 31.1 Å².